The van der Waals surface area contributed by atoms with E-state index in [1.165, 1.54) is 0 Å². The maximum Gasteiger partial charge on any atom is 0.310 e. The highest BCUT2D eigenvalue weighted by atomic mass is 16.5. The smallest absolute Gasteiger partial charge is 0.310 e. The van der Waals surface area contributed by atoms with Gasteiger partial charge in [0, 0.05) is 19.6 Å². The molecule has 150 valence electrons. The van der Waals surface area contributed by atoms with E-state index in [9.17, 15) is 9.59 Å². The van der Waals surface area contributed by atoms with Crippen molar-refractivity contribution >= 4 is 11.9 Å². The van der Waals surface area contributed by atoms with Gasteiger partial charge in [0.15, 0.2) is 0 Å². The highest BCUT2D eigenvalue weighted by molar-refractivity contribution is 5.82. The normalized spacial score (nSPS) is 18.3. The van der Waals surface area contributed by atoms with E-state index in [0.29, 0.717) is 32.8 Å². The fraction of sp³-hybridized carbons (Fsp3) is 0.619. The average molecular weight is 376 g/mol. The van der Waals surface area contributed by atoms with Crippen LogP contribution in [0, 0.1) is 12.8 Å². The van der Waals surface area contributed by atoms with Crippen LogP contribution >= 0.6 is 0 Å². The lowest BCUT2D eigenvalue weighted by molar-refractivity contribution is -0.152. The maximum absolute atomic E-state index is 12.8. The van der Waals surface area contributed by atoms with Gasteiger partial charge in [-0.05, 0) is 52.3 Å². The van der Waals surface area contributed by atoms with Gasteiger partial charge in [0.1, 0.15) is 12.4 Å². The van der Waals surface area contributed by atoms with Gasteiger partial charge in [-0.2, -0.15) is 0 Å². The number of aryl methyl sites for hydroxylation is 1. The molecule has 2 rings (SSSR count). The van der Waals surface area contributed by atoms with E-state index >= 15 is 0 Å². The van der Waals surface area contributed by atoms with Crippen LogP contribution in [0.15, 0.2) is 24.3 Å². The van der Waals surface area contributed by atoms with Crippen molar-refractivity contribution in [3.05, 3.63) is 29.8 Å². The number of benzene rings is 1. The van der Waals surface area contributed by atoms with Crippen LogP contribution < -0.4 is 4.74 Å². The molecule has 6 heteroatoms. The Bertz CT molecular complexity index is 634. The third-order valence-electron chi connectivity index (χ3n) is 5.17. The van der Waals surface area contributed by atoms with Crippen molar-refractivity contribution in [3.8, 4) is 5.75 Å². The quantitative estimate of drug-likeness (QED) is 0.653. The van der Waals surface area contributed by atoms with E-state index in [1.807, 2.05) is 50.1 Å². The molecule has 27 heavy (non-hydrogen) atoms. The summed E-state index contributed by atoms with van der Waals surface area (Å²) >= 11 is 0. The number of hydrogen-bond donors (Lipinski definition) is 0. The molecule has 1 fully saturated rings. The Labute approximate surface area is 162 Å². The van der Waals surface area contributed by atoms with E-state index in [1.54, 1.807) is 11.8 Å². The van der Waals surface area contributed by atoms with Crippen molar-refractivity contribution in [2.45, 2.75) is 39.7 Å². The number of rotatable bonds is 8. The first kappa shape index (κ1) is 21.2. The van der Waals surface area contributed by atoms with Crippen molar-refractivity contribution in [2.75, 3.05) is 39.9 Å². The number of carbonyl (C=O) groups is 2. The van der Waals surface area contributed by atoms with E-state index in [4.69, 9.17) is 9.47 Å². The lowest BCUT2D eigenvalue weighted by atomic mass is 9.97. The zero-order chi connectivity index (χ0) is 19.8. The van der Waals surface area contributed by atoms with Crippen LogP contribution in [0.3, 0.4) is 0 Å². The fourth-order valence-corrected chi connectivity index (χ4v) is 3.29. The highest BCUT2D eigenvalue weighted by Gasteiger charge is 2.32. The minimum Gasteiger partial charge on any atom is -0.492 e. The molecule has 1 saturated heterocycles. The molecule has 1 aromatic carbocycles. The molecular formula is C21H32N2O4. The van der Waals surface area contributed by atoms with E-state index < -0.39 is 0 Å². The maximum atomic E-state index is 12.8. The molecule has 1 aliphatic heterocycles. The fourth-order valence-electron chi connectivity index (χ4n) is 3.29. The number of likely N-dealkylation sites (N-methyl/N-ethyl adjacent to an activating group) is 1. The summed E-state index contributed by atoms with van der Waals surface area (Å²) in [5.41, 5.74) is 1.10. The predicted molar refractivity (Wildman–Crippen MR) is 105 cm³/mol. The second-order valence-corrected chi connectivity index (χ2v) is 7.15. The summed E-state index contributed by atoms with van der Waals surface area (Å²) in [6.07, 6.45) is 1.62. The molecule has 0 saturated carbocycles. The molecule has 1 aliphatic rings. The third-order valence-corrected chi connectivity index (χ3v) is 5.17. The first-order valence-electron chi connectivity index (χ1n) is 9.78. The summed E-state index contributed by atoms with van der Waals surface area (Å²) < 4.78 is 10.9. The Balaban J connectivity index is 1.82. The van der Waals surface area contributed by atoms with Crippen LogP contribution in [-0.4, -0.2) is 67.6 Å². The third kappa shape index (κ3) is 5.96. The van der Waals surface area contributed by atoms with E-state index in [-0.39, 0.29) is 23.8 Å². The van der Waals surface area contributed by atoms with Crippen LogP contribution in [-0.2, 0) is 14.3 Å². The number of esters is 1. The zero-order valence-electron chi connectivity index (χ0n) is 16.9. The van der Waals surface area contributed by atoms with Crippen LogP contribution in [0.4, 0.5) is 0 Å². The zero-order valence-corrected chi connectivity index (χ0v) is 16.9. The van der Waals surface area contributed by atoms with Gasteiger partial charge in [0.05, 0.1) is 18.6 Å². The summed E-state index contributed by atoms with van der Waals surface area (Å²) in [7, 11) is 1.93. The molecule has 0 radical (unpaired) electrons. The minimum atomic E-state index is -0.258. The van der Waals surface area contributed by atoms with Crippen molar-refractivity contribution in [1.82, 2.24) is 9.80 Å². The Morgan fingerprint density at radius 3 is 2.78 bits per heavy atom. The number of nitrogens with zero attached hydrogens (tertiary/aromatic N) is 2. The lowest BCUT2D eigenvalue weighted by Gasteiger charge is -2.35. The molecular weight excluding hydrogens is 344 g/mol. The van der Waals surface area contributed by atoms with E-state index in [2.05, 4.69) is 0 Å². The Morgan fingerprint density at radius 1 is 1.33 bits per heavy atom. The van der Waals surface area contributed by atoms with E-state index in [0.717, 1.165) is 24.2 Å². The predicted octanol–water partition coefficient (Wildman–Crippen LogP) is 2.50. The number of piperidine rings is 1. The van der Waals surface area contributed by atoms with Crippen LogP contribution in [0.2, 0.25) is 0 Å². The largest absolute Gasteiger partial charge is 0.492 e. The van der Waals surface area contributed by atoms with Gasteiger partial charge in [0.2, 0.25) is 5.91 Å². The number of hydrogen-bond acceptors (Lipinski definition) is 5. The molecule has 0 spiro atoms. The molecule has 1 amide bonds. The molecule has 1 heterocycles. The molecule has 2 atom stereocenters. The van der Waals surface area contributed by atoms with Gasteiger partial charge >= 0.3 is 5.97 Å². The van der Waals surface area contributed by atoms with Crippen molar-refractivity contribution < 1.29 is 19.1 Å². The highest BCUT2D eigenvalue weighted by Crippen LogP contribution is 2.20. The number of amides is 1. The number of carbonyl (C=O) groups excluding carboxylic acids is 2. The summed E-state index contributed by atoms with van der Waals surface area (Å²) in [6.45, 7) is 8.43. The number of para-hydroxylation sites is 1. The second kappa shape index (κ2) is 10.3. The summed E-state index contributed by atoms with van der Waals surface area (Å²) in [5.74, 6) is 0.535. The first-order valence-corrected chi connectivity index (χ1v) is 9.78. The van der Waals surface area contributed by atoms with Gasteiger partial charge in [-0.3, -0.25) is 14.5 Å². The van der Waals surface area contributed by atoms with Gasteiger partial charge in [-0.1, -0.05) is 18.2 Å². The standard InChI is InChI=1S/C21H32N2O4/c1-5-26-21(25)18-10-8-12-23(15-18)20(24)17(3)22(4)13-14-27-19-11-7-6-9-16(19)2/h6-7,9,11,17-18H,5,8,10,12-15H2,1-4H3. The second-order valence-electron chi connectivity index (χ2n) is 7.15. The van der Waals surface area contributed by atoms with Gasteiger partial charge in [-0.25, -0.2) is 0 Å². The molecule has 0 aromatic heterocycles. The molecule has 2 unspecified atom stereocenters. The first-order chi connectivity index (χ1) is 12.9. The monoisotopic (exact) mass is 376 g/mol. The summed E-state index contributed by atoms with van der Waals surface area (Å²) in [4.78, 5) is 28.6. The summed E-state index contributed by atoms with van der Waals surface area (Å²) in [5, 5.41) is 0. The van der Waals surface area contributed by atoms with Crippen molar-refractivity contribution in [1.29, 1.82) is 0 Å². The van der Waals surface area contributed by atoms with Gasteiger partial charge in [0.25, 0.3) is 0 Å². The summed E-state index contributed by atoms with van der Waals surface area (Å²) in [6, 6.07) is 7.65. The van der Waals surface area contributed by atoms with Crippen LogP contribution in [0.5, 0.6) is 5.75 Å². The molecule has 6 nitrogen and oxygen atoms in total. The van der Waals surface area contributed by atoms with Gasteiger partial charge < -0.3 is 14.4 Å². The Kier molecular flexibility index (Phi) is 8.10. The molecule has 0 aliphatic carbocycles. The molecule has 0 N–H and O–H groups in total. The molecule has 0 bridgehead atoms. The van der Waals surface area contributed by atoms with Crippen LogP contribution in [0.1, 0.15) is 32.3 Å². The Hall–Kier alpha value is -2.08. The number of likely N-dealkylation sites (tertiary alicyclic amines) is 1. The molecule has 1 aromatic rings. The average Bonchev–Trinajstić information content (AvgIpc) is 2.68. The SMILES string of the molecule is CCOC(=O)C1CCCN(C(=O)C(C)N(C)CCOc2ccccc2C)C1. The Morgan fingerprint density at radius 2 is 2.07 bits per heavy atom. The number of ether oxygens (including phenoxy) is 2. The lowest BCUT2D eigenvalue weighted by Crippen LogP contribution is -2.50. The van der Waals surface area contributed by atoms with Crippen molar-refractivity contribution in [3.63, 3.8) is 0 Å². The minimum absolute atomic E-state index is 0.0578. The van der Waals surface area contributed by atoms with Crippen LogP contribution in [0.25, 0.3) is 0 Å². The van der Waals surface area contributed by atoms with Gasteiger partial charge in [-0.15, -0.1) is 0 Å². The topological polar surface area (TPSA) is 59.1 Å². The van der Waals surface area contributed by atoms with Crippen molar-refractivity contribution in [2.24, 2.45) is 5.92 Å².